The number of ether oxygens (including phenoxy) is 1. The van der Waals surface area contributed by atoms with Crippen LogP contribution in [0, 0.1) is 6.92 Å². The van der Waals surface area contributed by atoms with E-state index in [1.165, 1.54) is 6.07 Å². The maximum atomic E-state index is 12.6. The van der Waals surface area contributed by atoms with Crippen molar-refractivity contribution in [2.75, 3.05) is 6.61 Å². The molecule has 1 heterocycles. The zero-order valence-electron chi connectivity index (χ0n) is 14.7. The van der Waals surface area contributed by atoms with Crippen LogP contribution < -0.4 is 4.74 Å². The minimum Gasteiger partial charge on any atom is -0.469 e. The predicted octanol–water partition coefficient (Wildman–Crippen LogP) is 4.53. The van der Waals surface area contributed by atoms with Crippen molar-refractivity contribution < 1.29 is 14.3 Å². The summed E-state index contributed by atoms with van der Waals surface area (Å²) in [4.78, 5) is 24.9. The average Bonchev–Trinajstić information content (AvgIpc) is 2.96. The van der Waals surface area contributed by atoms with E-state index < -0.39 is 0 Å². The van der Waals surface area contributed by atoms with Gasteiger partial charge in [0.2, 0.25) is 5.88 Å². The molecular formula is C20H16Cl2N2O3. The second kappa shape index (κ2) is 7.94. The molecule has 0 N–H and O–H groups in total. The molecule has 0 radical (unpaired) electrons. The van der Waals surface area contributed by atoms with Crippen LogP contribution in [-0.4, -0.2) is 28.0 Å². The van der Waals surface area contributed by atoms with Gasteiger partial charge < -0.3 is 4.74 Å². The Balaban J connectivity index is 1.70. The fraction of sp³-hybridized carbons (Fsp3) is 0.150. The van der Waals surface area contributed by atoms with Gasteiger partial charge >= 0.3 is 0 Å². The first-order valence-corrected chi connectivity index (χ1v) is 8.87. The van der Waals surface area contributed by atoms with Crippen LogP contribution in [0.25, 0.3) is 0 Å². The quantitative estimate of drug-likeness (QED) is 0.568. The summed E-state index contributed by atoms with van der Waals surface area (Å²) in [6.45, 7) is 1.73. The molecule has 0 amide bonds. The molecule has 0 aliphatic carbocycles. The lowest BCUT2D eigenvalue weighted by Crippen LogP contribution is -2.13. The number of aromatic nitrogens is 2. The summed E-state index contributed by atoms with van der Waals surface area (Å²) < 4.78 is 7.07. The van der Waals surface area contributed by atoms with Crippen LogP contribution in [0.5, 0.6) is 5.88 Å². The van der Waals surface area contributed by atoms with Crippen LogP contribution in [0.1, 0.15) is 32.0 Å². The average molecular weight is 403 g/mol. The Hall–Kier alpha value is -2.63. The molecule has 0 unspecified atom stereocenters. The third-order valence-electron chi connectivity index (χ3n) is 3.96. The van der Waals surface area contributed by atoms with Crippen molar-refractivity contribution >= 4 is 34.8 Å². The highest BCUT2D eigenvalue weighted by atomic mass is 35.5. The maximum absolute atomic E-state index is 12.6. The summed E-state index contributed by atoms with van der Waals surface area (Å²) in [7, 11) is 1.75. The summed E-state index contributed by atoms with van der Waals surface area (Å²) in [5.41, 5.74) is 2.05. The number of nitrogens with zero attached hydrogens (tertiary/aromatic N) is 2. The minimum atomic E-state index is -0.239. The Labute approximate surface area is 166 Å². The molecule has 0 atom stereocenters. The van der Waals surface area contributed by atoms with Crippen molar-refractivity contribution in [3.63, 3.8) is 0 Å². The maximum Gasteiger partial charge on any atom is 0.212 e. The van der Waals surface area contributed by atoms with Gasteiger partial charge in [-0.1, -0.05) is 47.5 Å². The number of carbonyl (C=O) groups excluding carboxylic acids is 2. The first-order chi connectivity index (χ1) is 12.8. The van der Waals surface area contributed by atoms with Crippen molar-refractivity contribution in [1.29, 1.82) is 0 Å². The molecule has 7 heteroatoms. The van der Waals surface area contributed by atoms with Crippen LogP contribution in [0.3, 0.4) is 0 Å². The van der Waals surface area contributed by atoms with E-state index in [-0.39, 0.29) is 23.2 Å². The highest BCUT2D eigenvalue weighted by molar-refractivity contribution is 6.37. The predicted molar refractivity (Wildman–Crippen MR) is 104 cm³/mol. The van der Waals surface area contributed by atoms with Gasteiger partial charge in [-0.05, 0) is 25.1 Å². The van der Waals surface area contributed by atoms with Gasteiger partial charge in [-0.2, -0.15) is 5.10 Å². The molecule has 0 fully saturated rings. The monoisotopic (exact) mass is 402 g/mol. The molecule has 5 nitrogen and oxygen atoms in total. The third-order valence-corrected chi connectivity index (χ3v) is 4.50. The van der Waals surface area contributed by atoms with E-state index in [1.54, 1.807) is 54.2 Å². The number of benzene rings is 2. The normalized spacial score (nSPS) is 10.7. The molecular weight excluding hydrogens is 387 g/mol. The van der Waals surface area contributed by atoms with Crippen LogP contribution in [0.15, 0.2) is 48.5 Å². The van der Waals surface area contributed by atoms with Crippen LogP contribution in [0.4, 0.5) is 0 Å². The molecule has 0 saturated heterocycles. The van der Waals surface area contributed by atoms with E-state index >= 15 is 0 Å². The second-order valence-electron chi connectivity index (χ2n) is 5.99. The SMILES string of the molecule is Cc1cc(OCC(=O)c2ccc(C(=O)c3ccc(Cl)cc3Cl)cc2)n(C)n1. The van der Waals surface area contributed by atoms with E-state index in [9.17, 15) is 9.59 Å². The summed E-state index contributed by atoms with van der Waals surface area (Å²) in [6.07, 6.45) is 0. The molecule has 3 aromatic rings. The van der Waals surface area contributed by atoms with Gasteiger partial charge in [0.05, 0.1) is 10.7 Å². The smallest absolute Gasteiger partial charge is 0.212 e. The molecule has 0 bridgehead atoms. The highest BCUT2D eigenvalue weighted by Crippen LogP contribution is 2.23. The molecule has 0 aliphatic rings. The lowest BCUT2D eigenvalue weighted by atomic mass is 10.0. The standard InChI is InChI=1S/C20H16Cl2N2O3/c1-12-9-19(24(2)23-12)27-11-18(25)13-3-5-14(6-4-13)20(26)16-8-7-15(21)10-17(16)22/h3-10H,11H2,1-2H3. The first kappa shape index (κ1) is 19.1. The summed E-state index contributed by atoms with van der Waals surface area (Å²) in [5, 5.41) is 4.90. The van der Waals surface area contributed by atoms with E-state index in [0.29, 0.717) is 27.6 Å². The number of ketones is 2. The number of hydrogen-bond acceptors (Lipinski definition) is 4. The molecule has 2 aromatic carbocycles. The summed E-state index contributed by atoms with van der Waals surface area (Å²) in [6, 6.07) is 12.8. The van der Waals surface area contributed by atoms with Gasteiger partial charge in [0.15, 0.2) is 18.2 Å². The van der Waals surface area contributed by atoms with E-state index in [1.807, 2.05) is 6.92 Å². The van der Waals surface area contributed by atoms with Crippen molar-refractivity contribution in [3.8, 4) is 5.88 Å². The van der Waals surface area contributed by atoms with Gasteiger partial charge in [0.25, 0.3) is 0 Å². The molecule has 3 rings (SSSR count). The zero-order valence-corrected chi connectivity index (χ0v) is 16.2. The van der Waals surface area contributed by atoms with Crippen LogP contribution in [0.2, 0.25) is 10.0 Å². The van der Waals surface area contributed by atoms with Crippen molar-refractivity contribution in [3.05, 3.63) is 81.0 Å². The first-order valence-electron chi connectivity index (χ1n) is 8.11. The van der Waals surface area contributed by atoms with Gasteiger partial charge in [-0.25, -0.2) is 4.68 Å². The third kappa shape index (κ3) is 4.38. The Kier molecular flexibility index (Phi) is 5.63. The molecule has 138 valence electrons. The molecule has 27 heavy (non-hydrogen) atoms. The van der Waals surface area contributed by atoms with E-state index in [4.69, 9.17) is 27.9 Å². The van der Waals surface area contributed by atoms with Gasteiger partial charge in [-0.15, -0.1) is 0 Å². The fourth-order valence-corrected chi connectivity index (χ4v) is 3.08. The largest absolute Gasteiger partial charge is 0.469 e. The Morgan fingerprint density at radius 2 is 1.70 bits per heavy atom. The van der Waals surface area contributed by atoms with Gasteiger partial charge in [-0.3, -0.25) is 9.59 Å². The van der Waals surface area contributed by atoms with Gasteiger partial charge in [0, 0.05) is 34.8 Å². The lowest BCUT2D eigenvalue weighted by molar-refractivity contribution is 0.0914. The molecule has 1 aromatic heterocycles. The minimum absolute atomic E-state index is 0.116. The molecule has 0 aliphatic heterocycles. The molecule has 0 spiro atoms. The topological polar surface area (TPSA) is 61.2 Å². The zero-order chi connectivity index (χ0) is 19.6. The number of aryl methyl sites for hydroxylation is 2. The second-order valence-corrected chi connectivity index (χ2v) is 6.83. The summed E-state index contributed by atoms with van der Waals surface area (Å²) >= 11 is 11.9. The van der Waals surface area contributed by atoms with Crippen molar-refractivity contribution in [1.82, 2.24) is 9.78 Å². The van der Waals surface area contributed by atoms with Crippen molar-refractivity contribution in [2.45, 2.75) is 6.92 Å². The molecule has 0 saturated carbocycles. The Morgan fingerprint density at radius 1 is 1.04 bits per heavy atom. The Bertz CT molecular complexity index is 1010. The fourth-order valence-electron chi connectivity index (χ4n) is 2.58. The number of rotatable bonds is 6. The van der Waals surface area contributed by atoms with Crippen molar-refractivity contribution in [2.24, 2.45) is 7.05 Å². The van der Waals surface area contributed by atoms with E-state index in [0.717, 1.165) is 5.69 Å². The van der Waals surface area contributed by atoms with Crippen LogP contribution >= 0.6 is 23.2 Å². The lowest BCUT2D eigenvalue weighted by Gasteiger charge is -2.07. The number of carbonyl (C=O) groups is 2. The number of Topliss-reactive ketones (excluding diaryl/α,β-unsaturated/α-hetero) is 1. The van der Waals surface area contributed by atoms with Gasteiger partial charge in [0.1, 0.15) is 0 Å². The number of halogens is 2. The Morgan fingerprint density at radius 3 is 2.30 bits per heavy atom. The highest BCUT2D eigenvalue weighted by Gasteiger charge is 2.15. The van der Waals surface area contributed by atoms with Crippen LogP contribution in [-0.2, 0) is 7.05 Å². The number of hydrogen-bond donors (Lipinski definition) is 0. The van der Waals surface area contributed by atoms with E-state index in [2.05, 4.69) is 5.10 Å². The summed E-state index contributed by atoms with van der Waals surface area (Å²) in [5.74, 6) is 0.0830.